The van der Waals surface area contributed by atoms with Crippen LogP contribution in [-0.4, -0.2) is 34.3 Å². The molecule has 0 aliphatic rings. The lowest BCUT2D eigenvalue weighted by Gasteiger charge is -2.06. The summed E-state index contributed by atoms with van der Waals surface area (Å²) in [6.45, 7) is 1.37. The highest BCUT2D eigenvalue weighted by Gasteiger charge is 2.19. The van der Waals surface area contributed by atoms with E-state index in [1.807, 2.05) is 19.1 Å². The maximum atomic E-state index is 12.4. The summed E-state index contributed by atoms with van der Waals surface area (Å²) in [6.07, 6.45) is 1.47. The highest BCUT2D eigenvalue weighted by atomic mass is 35.5. The Bertz CT molecular complexity index is 1280. The molecule has 0 saturated carbocycles. The van der Waals surface area contributed by atoms with Gasteiger partial charge in [-0.3, -0.25) is 10.1 Å². The number of nitrogens with zero attached hydrogens (tertiary/aromatic N) is 2. The molecule has 11 heteroatoms. The molecule has 0 atom stereocenters. The second-order valence-electron chi connectivity index (χ2n) is 6.69. The molecule has 4 aromatic rings. The molecule has 0 fully saturated rings. The molecule has 1 aromatic carbocycles. The van der Waals surface area contributed by atoms with Gasteiger partial charge in [0.05, 0.1) is 24.2 Å². The number of esters is 1. The predicted octanol–water partition coefficient (Wildman–Crippen LogP) is 3.82. The molecule has 0 aliphatic carbocycles. The molecule has 0 radical (unpaired) electrons. The van der Waals surface area contributed by atoms with Gasteiger partial charge in [-0.25, -0.2) is 14.3 Å². The van der Waals surface area contributed by atoms with E-state index in [0.717, 1.165) is 21.6 Å². The molecule has 0 saturated heterocycles. The number of halogens is 1. The zero-order valence-electron chi connectivity index (χ0n) is 16.8. The number of nitrogens with one attached hydrogen (secondary N) is 2. The Morgan fingerprint density at radius 1 is 1.22 bits per heavy atom. The molecule has 3 aromatic heterocycles. The first-order valence-electron chi connectivity index (χ1n) is 9.43. The summed E-state index contributed by atoms with van der Waals surface area (Å²) in [5.41, 5.74) is 1.55. The molecule has 2 N–H and O–H groups in total. The number of furan rings is 1. The van der Waals surface area contributed by atoms with E-state index >= 15 is 0 Å². The topological polar surface area (TPSA) is 115 Å². The van der Waals surface area contributed by atoms with Crippen LogP contribution in [0.3, 0.4) is 0 Å². The summed E-state index contributed by atoms with van der Waals surface area (Å²) < 4.78 is 11.9. The number of hydrogen-bond acceptors (Lipinski definition) is 7. The number of amides is 3. The van der Waals surface area contributed by atoms with E-state index in [0.29, 0.717) is 15.7 Å². The lowest BCUT2D eigenvalue weighted by atomic mass is 10.3. The van der Waals surface area contributed by atoms with Crippen molar-refractivity contribution in [3.05, 3.63) is 70.1 Å². The highest BCUT2D eigenvalue weighted by molar-refractivity contribution is 7.20. The number of thiophene rings is 1. The quantitative estimate of drug-likeness (QED) is 0.412. The third-order valence-electron chi connectivity index (χ3n) is 4.41. The fourth-order valence-electron chi connectivity index (χ4n) is 2.89. The highest BCUT2D eigenvalue weighted by Crippen LogP contribution is 2.31. The van der Waals surface area contributed by atoms with E-state index < -0.39 is 24.5 Å². The van der Waals surface area contributed by atoms with Crippen LogP contribution in [0.25, 0.3) is 15.9 Å². The van der Waals surface area contributed by atoms with Crippen molar-refractivity contribution in [1.29, 1.82) is 0 Å². The first kappa shape index (κ1) is 21.6. The molecular weight excluding hydrogens is 456 g/mol. The monoisotopic (exact) mass is 472 g/mol. The zero-order chi connectivity index (χ0) is 22.7. The second-order valence-corrected chi connectivity index (χ2v) is 8.16. The second kappa shape index (κ2) is 9.25. The van der Waals surface area contributed by atoms with Crippen molar-refractivity contribution < 1.29 is 23.5 Å². The SMILES string of the molecule is Cc1nn(-c2ccc(Cl)cc2)c2sc(C(=O)OCC(=O)NC(=O)NCc3ccco3)cc12. The van der Waals surface area contributed by atoms with E-state index in [2.05, 4.69) is 15.7 Å². The number of fused-ring (bicyclic) bond motifs is 1. The third-order valence-corrected chi connectivity index (χ3v) is 5.75. The number of benzene rings is 1. The number of imide groups is 1. The first-order chi connectivity index (χ1) is 15.4. The minimum absolute atomic E-state index is 0.123. The fourth-order valence-corrected chi connectivity index (χ4v) is 4.10. The van der Waals surface area contributed by atoms with Gasteiger partial charge >= 0.3 is 12.0 Å². The first-order valence-corrected chi connectivity index (χ1v) is 10.6. The Labute approximate surface area is 190 Å². The summed E-state index contributed by atoms with van der Waals surface area (Å²) >= 11 is 7.15. The molecule has 4 rings (SSSR count). The normalized spacial score (nSPS) is 10.8. The van der Waals surface area contributed by atoms with Gasteiger partial charge in [0.25, 0.3) is 5.91 Å². The van der Waals surface area contributed by atoms with Gasteiger partial charge in [-0.1, -0.05) is 11.6 Å². The molecule has 0 aliphatic heterocycles. The Hall–Kier alpha value is -3.63. The van der Waals surface area contributed by atoms with Gasteiger partial charge < -0.3 is 14.5 Å². The van der Waals surface area contributed by atoms with E-state index in [-0.39, 0.29) is 6.54 Å². The van der Waals surface area contributed by atoms with Crippen molar-refractivity contribution in [3.8, 4) is 5.69 Å². The van der Waals surface area contributed by atoms with Gasteiger partial charge in [0.15, 0.2) is 6.61 Å². The summed E-state index contributed by atoms with van der Waals surface area (Å²) in [4.78, 5) is 37.2. The molecule has 164 valence electrons. The van der Waals surface area contributed by atoms with Gasteiger partial charge in [-0.05, 0) is 49.4 Å². The molecule has 9 nitrogen and oxygen atoms in total. The Kier molecular flexibility index (Phi) is 6.24. The van der Waals surface area contributed by atoms with Crippen LogP contribution in [0.4, 0.5) is 4.79 Å². The minimum atomic E-state index is -0.750. The van der Waals surface area contributed by atoms with Crippen LogP contribution in [0.15, 0.2) is 53.1 Å². The molecule has 0 spiro atoms. The van der Waals surface area contributed by atoms with E-state index in [1.54, 1.807) is 35.0 Å². The average molecular weight is 473 g/mol. The van der Waals surface area contributed by atoms with Crippen molar-refractivity contribution in [2.45, 2.75) is 13.5 Å². The van der Waals surface area contributed by atoms with Gasteiger partial charge in [0.2, 0.25) is 0 Å². The molecule has 3 amide bonds. The number of ether oxygens (including phenoxy) is 1. The number of rotatable bonds is 6. The smallest absolute Gasteiger partial charge is 0.348 e. The van der Waals surface area contributed by atoms with Crippen LogP contribution in [0.1, 0.15) is 21.1 Å². The Morgan fingerprint density at radius 2 is 2.00 bits per heavy atom. The largest absolute Gasteiger partial charge is 0.467 e. The van der Waals surface area contributed by atoms with Crippen LogP contribution in [0.5, 0.6) is 0 Å². The van der Waals surface area contributed by atoms with Crippen molar-refractivity contribution in [2.24, 2.45) is 0 Å². The zero-order valence-corrected chi connectivity index (χ0v) is 18.3. The van der Waals surface area contributed by atoms with Gasteiger partial charge in [0.1, 0.15) is 15.5 Å². The molecule has 3 heterocycles. The maximum absolute atomic E-state index is 12.4. The number of aryl methyl sites for hydroxylation is 1. The van der Waals surface area contributed by atoms with Gasteiger partial charge in [-0.15, -0.1) is 11.3 Å². The fraction of sp³-hybridized carbons (Fsp3) is 0.143. The number of carbonyl (C=O) groups is 3. The predicted molar refractivity (Wildman–Crippen MR) is 118 cm³/mol. The van der Waals surface area contributed by atoms with Gasteiger partial charge in [0, 0.05) is 10.4 Å². The van der Waals surface area contributed by atoms with Crippen molar-refractivity contribution in [2.75, 3.05) is 6.61 Å². The summed E-state index contributed by atoms with van der Waals surface area (Å²) in [6, 6.07) is 11.5. The average Bonchev–Trinajstić information content (AvgIpc) is 3.50. The van der Waals surface area contributed by atoms with E-state index in [4.69, 9.17) is 20.8 Å². The number of carbonyl (C=O) groups excluding carboxylic acids is 3. The molecule has 0 unspecified atom stereocenters. The van der Waals surface area contributed by atoms with Crippen LogP contribution < -0.4 is 10.6 Å². The van der Waals surface area contributed by atoms with Crippen LogP contribution in [0.2, 0.25) is 5.02 Å². The standard InChI is InChI=1S/C21H17ClN4O5S/c1-12-16-9-17(32-19(16)26(25-12)14-6-4-13(22)5-7-14)20(28)31-11-18(27)24-21(29)23-10-15-3-2-8-30-15/h2-9H,10-11H2,1H3,(H2,23,24,27,29). The lowest BCUT2D eigenvalue weighted by molar-refractivity contribution is -0.123. The number of hydrogen-bond donors (Lipinski definition) is 2. The van der Waals surface area contributed by atoms with E-state index in [9.17, 15) is 14.4 Å². The minimum Gasteiger partial charge on any atom is -0.467 e. The molecule has 32 heavy (non-hydrogen) atoms. The molecular formula is C21H17ClN4O5S. The van der Waals surface area contributed by atoms with Crippen molar-refractivity contribution >= 4 is 51.1 Å². The summed E-state index contributed by atoms with van der Waals surface area (Å²) in [5.74, 6) is -0.879. The Morgan fingerprint density at radius 3 is 2.72 bits per heavy atom. The number of aromatic nitrogens is 2. The summed E-state index contributed by atoms with van der Waals surface area (Å²) in [5, 5.41) is 10.5. The maximum Gasteiger partial charge on any atom is 0.348 e. The lowest BCUT2D eigenvalue weighted by Crippen LogP contribution is -2.41. The Balaban J connectivity index is 1.36. The number of urea groups is 1. The van der Waals surface area contributed by atoms with Crippen LogP contribution >= 0.6 is 22.9 Å². The molecule has 0 bridgehead atoms. The third kappa shape index (κ3) is 4.82. The van der Waals surface area contributed by atoms with E-state index in [1.165, 1.54) is 17.6 Å². The van der Waals surface area contributed by atoms with Crippen molar-refractivity contribution in [3.63, 3.8) is 0 Å². The van der Waals surface area contributed by atoms with Crippen LogP contribution in [0, 0.1) is 6.92 Å². The van der Waals surface area contributed by atoms with Crippen LogP contribution in [-0.2, 0) is 16.1 Å². The summed E-state index contributed by atoms with van der Waals surface area (Å²) in [7, 11) is 0. The van der Waals surface area contributed by atoms with Crippen molar-refractivity contribution in [1.82, 2.24) is 20.4 Å². The van der Waals surface area contributed by atoms with Gasteiger partial charge in [-0.2, -0.15) is 5.10 Å².